The van der Waals surface area contributed by atoms with E-state index in [9.17, 15) is 4.79 Å². The van der Waals surface area contributed by atoms with E-state index in [4.69, 9.17) is 0 Å². The number of aromatic nitrogens is 2. The molecule has 0 bridgehead atoms. The zero-order valence-corrected chi connectivity index (χ0v) is 19.2. The van der Waals surface area contributed by atoms with Crippen molar-refractivity contribution in [1.29, 1.82) is 0 Å². The van der Waals surface area contributed by atoms with Crippen LogP contribution in [0.25, 0.3) is 0 Å². The Morgan fingerprint density at radius 1 is 1.13 bits per heavy atom. The highest BCUT2D eigenvalue weighted by atomic mass is 16.1. The molecule has 2 aromatic carbocycles. The normalized spacial score (nSPS) is 18.3. The van der Waals surface area contributed by atoms with E-state index in [2.05, 4.69) is 93.6 Å². The Labute approximate surface area is 185 Å². The molecule has 1 aromatic heterocycles. The predicted octanol–water partition coefficient (Wildman–Crippen LogP) is 6.50. The molecule has 1 aliphatic heterocycles. The van der Waals surface area contributed by atoms with Crippen LogP contribution in [-0.2, 0) is 5.54 Å². The number of anilines is 1. The first kappa shape index (κ1) is 21.4. The van der Waals surface area contributed by atoms with Crippen LogP contribution in [0.4, 0.5) is 5.82 Å². The molecule has 31 heavy (non-hydrogen) atoms. The molecule has 3 aromatic rings. The maximum absolute atomic E-state index is 13.5. The van der Waals surface area contributed by atoms with E-state index in [0.717, 1.165) is 12.2 Å². The van der Waals surface area contributed by atoms with Gasteiger partial charge < -0.3 is 5.32 Å². The minimum absolute atomic E-state index is 0.150. The second-order valence-corrected chi connectivity index (χ2v) is 9.83. The molecule has 0 saturated heterocycles. The van der Waals surface area contributed by atoms with E-state index in [1.807, 2.05) is 10.7 Å². The first-order valence-corrected chi connectivity index (χ1v) is 11.3. The van der Waals surface area contributed by atoms with Crippen LogP contribution in [0.2, 0.25) is 0 Å². The molecule has 4 rings (SSSR count). The van der Waals surface area contributed by atoms with Crippen molar-refractivity contribution in [2.45, 2.75) is 65.0 Å². The number of benzene rings is 2. The summed E-state index contributed by atoms with van der Waals surface area (Å²) in [6.07, 6.45) is 3.15. The first-order chi connectivity index (χ1) is 14.8. The lowest BCUT2D eigenvalue weighted by Gasteiger charge is -2.38. The molecule has 0 amide bonds. The third-order valence-corrected chi connectivity index (χ3v) is 6.58. The van der Waals surface area contributed by atoms with Gasteiger partial charge in [-0.2, -0.15) is 5.10 Å². The Bertz CT molecular complexity index is 1050. The number of fused-ring (bicyclic) bond motifs is 1. The summed E-state index contributed by atoms with van der Waals surface area (Å²) < 4.78 is 2.00. The molecule has 0 aliphatic carbocycles. The van der Waals surface area contributed by atoms with Crippen LogP contribution >= 0.6 is 0 Å². The minimum atomic E-state index is -0.173. The van der Waals surface area contributed by atoms with Gasteiger partial charge in [-0.1, -0.05) is 74.0 Å². The summed E-state index contributed by atoms with van der Waals surface area (Å²) in [5, 5.41) is 8.26. The molecule has 0 saturated carbocycles. The smallest absolute Gasteiger partial charge is 0.168 e. The van der Waals surface area contributed by atoms with Gasteiger partial charge in [-0.05, 0) is 50.2 Å². The van der Waals surface area contributed by atoms with Crippen molar-refractivity contribution in [2.24, 2.45) is 5.92 Å². The molecule has 162 valence electrons. The predicted molar refractivity (Wildman–Crippen MR) is 127 cm³/mol. The van der Waals surface area contributed by atoms with Crippen molar-refractivity contribution in [3.8, 4) is 0 Å². The number of nitrogens with one attached hydrogen (secondary N) is 1. The molecular formula is C27H33N3O. The van der Waals surface area contributed by atoms with Crippen molar-refractivity contribution in [3.05, 3.63) is 83.0 Å². The van der Waals surface area contributed by atoms with E-state index >= 15 is 0 Å². The average molecular weight is 416 g/mol. The second-order valence-electron chi connectivity index (χ2n) is 9.83. The van der Waals surface area contributed by atoms with Gasteiger partial charge >= 0.3 is 0 Å². The number of rotatable bonds is 6. The number of aryl methyl sites for hydroxylation is 1. The average Bonchev–Trinajstić information content (AvgIpc) is 3.18. The highest BCUT2D eigenvalue weighted by Crippen LogP contribution is 2.41. The number of ketones is 1. The van der Waals surface area contributed by atoms with Crippen LogP contribution in [0.15, 0.2) is 60.8 Å². The molecule has 2 unspecified atom stereocenters. The Morgan fingerprint density at radius 3 is 2.45 bits per heavy atom. The topological polar surface area (TPSA) is 46.9 Å². The van der Waals surface area contributed by atoms with Crippen LogP contribution in [0.3, 0.4) is 0 Å². The van der Waals surface area contributed by atoms with Crippen molar-refractivity contribution in [2.75, 3.05) is 5.32 Å². The van der Waals surface area contributed by atoms with Crippen LogP contribution in [0.5, 0.6) is 0 Å². The molecule has 1 aliphatic rings. The first-order valence-electron chi connectivity index (χ1n) is 11.3. The van der Waals surface area contributed by atoms with Crippen molar-refractivity contribution < 1.29 is 4.79 Å². The van der Waals surface area contributed by atoms with Gasteiger partial charge in [0.2, 0.25) is 0 Å². The standard InChI is InChI=1S/C27H33N3O/c1-18(2)22(20-13-11-19(3)12-14-20)15-25(31)23-17-28-30-26(23)29-24(16-27(30,4)5)21-9-7-6-8-10-21/h6-14,17-18,22,24,29H,15-16H2,1-5H3. The maximum Gasteiger partial charge on any atom is 0.168 e. The molecular weight excluding hydrogens is 382 g/mol. The van der Waals surface area contributed by atoms with Crippen LogP contribution in [0, 0.1) is 12.8 Å². The Morgan fingerprint density at radius 2 is 1.81 bits per heavy atom. The highest BCUT2D eigenvalue weighted by molar-refractivity contribution is 6.01. The van der Waals surface area contributed by atoms with E-state index in [1.165, 1.54) is 16.7 Å². The molecule has 2 atom stereocenters. The van der Waals surface area contributed by atoms with Gasteiger partial charge in [-0.25, -0.2) is 4.68 Å². The lowest BCUT2D eigenvalue weighted by Crippen LogP contribution is -2.38. The Balaban J connectivity index is 1.63. The maximum atomic E-state index is 13.5. The number of Topliss-reactive ketones (excluding diaryl/α,β-unsaturated/α-hetero) is 1. The van der Waals surface area contributed by atoms with Gasteiger partial charge in [-0.3, -0.25) is 4.79 Å². The Hall–Kier alpha value is -2.88. The van der Waals surface area contributed by atoms with Gasteiger partial charge in [0.05, 0.1) is 23.3 Å². The van der Waals surface area contributed by atoms with Gasteiger partial charge in [-0.15, -0.1) is 0 Å². The summed E-state index contributed by atoms with van der Waals surface area (Å²) in [4.78, 5) is 13.5. The fourth-order valence-corrected chi connectivity index (χ4v) is 4.70. The van der Waals surface area contributed by atoms with E-state index in [0.29, 0.717) is 17.9 Å². The summed E-state index contributed by atoms with van der Waals surface area (Å²) in [5.74, 6) is 1.56. The molecule has 0 spiro atoms. The molecule has 0 radical (unpaired) electrons. The Kier molecular flexibility index (Phi) is 5.74. The zero-order valence-electron chi connectivity index (χ0n) is 19.2. The van der Waals surface area contributed by atoms with E-state index < -0.39 is 0 Å². The van der Waals surface area contributed by atoms with Gasteiger partial charge in [0, 0.05) is 6.42 Å². The van der Waals surface area contributed by atoms with Crippen LogP contribution in [-0.4, -0.2) is 15.6 Å². The molecule has 1 N–H and O–H groups in total. The second kappa shape index (κ2) is 8.33. The quantitative estimate of drug-likeness (QED) is 0.468. The summed E-state index contributed by atoms with van der Waals surface area (Å²) in [5.41, 5.74) is 4.23. The van der Waals surface area contributed by atoms with Crippen LogP contribution < -0.4 is 5.32 Å². The van der Waals surface area contributed by atoms with Gasteiger partial charge in [0.15, 0.2) is 5.78 Å². The van der Waals surface area contributed by atoms with E-state index in [-0.39, 0.29) is 23.3 Å². The monoisotopic (exact) mass is 415 g/mol. The fourth-order valence-electron chi connectivity index (χ4n) is 4.70. The van der Waals surface area contributed by atoms with Crippen molar-refractivity contribution >= 4 is 11.6 Å². The highest BCUT2D eigenvalue weighted by Gasteiger charge is 2.37. The lowest BCUT2D eigenvalue weighted by molar-refractivity contribution is 0.0966. The van der Waals surface area contributed by atoms with Gasteiger partial charge in [0.1, 0.15) is 5.82 Å². The lowest BCUT2D eigenvalue weighted by atomic mass is 9.83. The number of hydrogen-bond acceptors (Lipinski definition) is 3. The summed E-state index contributed by atoms with van der Waals surface area (Å²) in [6, 6.07) is 19.2. The molecule has 2 heterocycles. The summed E-state index contributed by atoms with van der Waals surface area (Å²) in [7, 11) is 0. The number of carbonyl (C=O) groups excluding carboxylic acids is 1. The zero-order chi connectivity index (χ0) is 22.2. The van der Waals surface area contributed by atoms with Crippen LogP contribution in [0.1, 0.15) is 79.5 Å². The molecule has 4 heteroatoms. The number of hydrogen-bond donors (Lipinski definition) is 1. The van der Waals surface area contributed by atoms with Crippen molar-refractivity contribution in [1.82, 2.24) is 9.78 Å². The SMILES string of the molecule is Cc1ccc(C(CC(=O)c2cnn3c2NC(c2ccccc2)CC3(C)C)C(C)C)cc1. The third-order valence-electron chi connectivity index (χ3n) is 6.58. The minimum Gasteiger partial charge on any atom is -0.363 e. The number of nitrogens with zero attached hydrogens (tertiary/aromatic N) is 2. The fraction of sp³-hybridized carbons (Fsp3) is 0.407. The third kappa shape index (κ3) is 4.30. The summed E-state index contributed by atoms with van der Waals surface area (Å²) >= 11 is 0. The summed E-state index contributed by atoms with van der Waals surface area (Å²) in [6.45, 7) is 10.9. The molecule has 4 nitrogen and oxygen atoms in total. The van der Waals surface area contributed by atoms with E-state index in [1.54, 1.807) is 6.20 Å². The van der Waals surface area contributed by atoms with Crippen molar-refractivity contribution in [3.63, 3.8) is 0 Å². The number of carbonyl (C=O) groups is 1. The largest absolute Gasteiger partial charge is 0.363 e. The van der Waals surface area contributed by atoms with Gasteiger partial charge in [0.25, 0.3) is 0 Å². The molecule has 0 fully saturated rings.